The molecule has 0 saturated carbocycles. The molecule has 4 aromatic rings. The first-order chi connectivity index (χ1) is 15.6. The van der Waals surface area contributed by atoms with Crippen molar-refractivity contribution in [2.24, 2.45) is 0 Å². The molecule has 0 aliphatic heterocycles. The van der Waals surface area contributed by atoms with Crippen LogP contribution >= 0.6 is 23.6 Å². The van der Waals surface area contributed by atoms with Crippen molar-refractivity contribution in [1.29, 1.82) is 0 Å². The van der Waals surface area contributed by atoms with Crippen LogP contribution in [-0.4, -0.2) is 22.1 Å². The number of H-pyrrole nitrogens is 1. The number of benzene rings is 2. The van der Waals surface area contributed by atoms with Gasteiger partial charge in [0, 0.05) is 27.0 Å². The third-order valence-corrected chi connectivity index (χ3v) is 6.56. The van der Waals surface area contributed by atoms with Crippen molar-refractivity contribution in [2.45, 2.75) is 26.4 Å². The van der Waals surface area contributed by atoms with Crippen LogP contribution in [0.3, 0.4) is 0 Å². The van der Waals surface area contributed by atoms with Crippen molar-refractivity contribution in [1.82, 2.24) is 9.88 Å². The van der Waals surface area contributed by atoms with Crippen LogP contribution in [0.25, 0.3) is 10.9 Å². The summed E-state index contributed by atoms with van der Waals surface area (Å²) in [5, 5.41) is 6.95. The van der Waals surface area contributed by atoms with Crippen molar-refractivity contribution < 1.29 is 4.74 Å². The number of methoxy groups -OCH3 is 1. The molecular weight excluding hydrogens is 438 g/mol. The quantitative estimate of drug-likeness (QED) is 0.352. The van der Waals surface area contributed by atoms with E-state index in [-0.39, 0.29) is 5.56 Å². The van der Waals surface area contributed by atoms with E-state index in [0.29, 0.717) is 23.8 Å². The zero-order chi connectivity index (χ0) is 22.5. The van der Waals surface area contributed by atoms with Gasteiger partial charge in [0.05, 0.1) is 20.2 Å². The van der Waals surface area contributed by atoms with Crippen LogP contribution in [-0.2, 0) is 19.5 Å². The molecule has 0 spiro atoms. The number of rotatable bonds is 7. The van der Waals surface area contributed by atoms with Gasteiger partial charge in [-0.2, -0.15) is 0 Å². The third-order valence-electron chi connectivity index (χ3n) is 5.34. The summed E-state index contributed by atoms with van der Waals surface area (Å²) in [7, 11) is 1.63. The normalized spacial score (nSPS) is 10.8. The molecule has 0 amide bonds. The molecule has 2 N–H and O–H groups in total. The lowest BCUT2D eigenvalue weighted by molar-refractivity contribution is 0.414. The van der Waals surface area contributed by atoms with Crippen LogP contribution in [0.1, 0.15) is 22.9 Å². The fourth-order valence-corrected chi connectivity index (χ4v) is 4.57. The lowest BCUT2D eigenvalue weighted by Crippen LogP contribution is -2.35. The van der Waals surface area contributed by atoms with Gasteiger partial charge in [-0.05, 0) is 66.0 Å². The fourth-order valence-electron chi connectivity index (χ4n) is 3.61. The Labute approximate surface area is 196 Å². The van der Waals surface area contributed by atoms with E-state index in [1.807, 2.05) is 58.8 Å². The van der Waals surface area contributed by atoms with Gasteiger partial charge in [0.15, 0.2) is 5.11 Å². The molecular formula is C25H25N3O2S2. The Morgan fingerprint density at radius 2 is 1.94 bits per heavy atom. The van der Waals surface area contributed by atoms with E-state index >= 15 is 0 Å². The number of thiophene rings is 1. The second-order valence-corrected chi connectivity index (χ2v) is 8.87. The van der Waals surface area contributed by atoms with Gasteiger partial charge in [-0.15, -0.1) is 11.3 Å². The van der Waals surface area contributed by atoms with Crippen LogP contribution in [0.4, 0.5) is 5.69 Å². The van der Waals surface area contributed by atoms with Crippen molar-refractivity contribution in [3.05, 3.63) is 92.4 Å². The van der Waals surface area contributed by atoms with Crippen LogP contribution in [0.5, 0.6) is 5.75 Å². The van der Waals surface area contributed by atoms with E-state index in [1.165, 1.54) is 10.4 Å². The number of aromatic amines is 1. The minimum absolute atomic E-state index is 0.115. The van der Waals surface area contributed by atoms with Crippen molar-refractivity contribution in [3.63, 3.8) is 0 Å². The molecule has 0 radical (unpaired) electrons. The summed E-state index contributed by atoms with van der Waals surface area (Å²) in [4.78, 5) is 19.0. The number of anilines is 1. The summed E-state index contributed by atoms with van der Waals surface area (Å²) >= 11 is 7.48. The average molecular weight is 464 g/mol. The minimum Gasteiger partial charge on any atom is -0.497 e. The predicted octanol–water partition coefficient (Wildman–Crippen LogP) is 5.56. The molecule has 2 heterocycles. The number of fused-ring (bicyclic) bond motifs is 1. The zero-order valence-electron chi connectivity index (χ0n) is 18.1. The molecule has 2 aromatic carbocycles. The lowest BCUT2D eigenvalue weighted by atomic mass is 10.1. The van der Waals surface area contributed by atoms with Gasteiger partial charge >= 0.3 is 0 Å². The monoisotopic (exact) mass is 463 g/mol. The predicted molar refractivity (Wildman–Crippen MR) is 137 cm³/mol. The van der Waals surface area contributed by atoms with E-state index in [0.717, 1.165) is 28.8 Å². The van der Waals surface area contributed by atoms with Crippen molar-refractivity contribution in [2.75, 3.05) is 12.4 Å². The molecule has 7 heteroatoms. The smallest absolute Gasteiger partial charge is 0.253 e. The van der Waals surface area contributed by atoms with Gasteiger partial charge in [-0.1, -0.05) is 31.2 Å². The topological polar surface area (TPSA) is 57.4 Å². The number of pyridine rings is 1. The van der Waals surface area contributed by atoms with E-state index < -0.39 is 0 Å². The second kappa shape index (κ2) is 9.97. The maximum atomic E-state index is 12.8. The summed E-state index contributed by atoms with van der Waals surface area (Å²) in [5.41, 5.74) is 3.50. The van der Waals surface area contributed by atoms with Gasteiger partial charge in [0.2, 0.25) is 0 Å². The Morgan fingerprint density at radius 1 is 1.09 bits per heavy atom. The van der Waals surface area contributed by atoms with Crippen LogP contribution in [0.15, 0.2) is 70.8 Å². The maximum absolute atomic E-state index is 12.8. The Hall–Kier alpha value is -3.16. The molecule has 0 bridgehead atoms. The fraction of sp³-hybridized carbons (Fsp3) is 0.200. The first-order valence-corrected chi connectivity index (χ1v) is 11.7. The lowest BCUT2D eigenvalue weighted by Gasteiger charge is -2.26. The number of aryl methyl sites for hydroxylation is 1. The van der Waals surface area contributed by atoms with Gasteiger partial charge in [0.1, 0.15) is 5.75 Å². The summed E-state index contributed by atoms with van der Waals surface area (Å²) in [5.74, 6) is 0.749. The Bertz CT molecular complexity index is 1280. The van der Waals surface area contributed by atoms with E-state index in [4.69, 9.17) is 17.0 Å². The number of aromatic nitrogens is 1. The Kier molecular flexibility index (Phi) is 6.87. The molecule has 0 saturated heterocycles. The van der Waals surface area contributed by atoms with Gasteiger partial charge in [-0.3, -0.25) is 4.79 Å². The van der Waals surface area contributed by atoms with E-state index in [1.54, 1.807) is 18.4 Å². The van der Waals surface area contributed by atoms with Crippen LogP contribution in [0.2, 0.25) is 0 Å². The van der Waals surface area contributed by atoms with E-state index in [9.17, 15) is 4.79 Å². The first kappa shape index (κ1) is 22.0. The molecule has 0 unspecified atom stereocenters. The highest BCUT2D eigenvalue weighted by molar-refractivity contribution is 7.80. The number of nitrogens with one attached hydrogen (secondary N) is 2. The highest BCUT2D eigenvalue weighted by Crippen LogP contribution is 2.22. The van der Waals surface area contributed by atoms with Gasteiger partial charge in [-0.25, -0.2) is 0 Å². The number of thiocarbonyl (C=S) groups is 1. The van der Waals surface area contributed by atoms with E-state index in [2.05, 4.69) is 29.4 Å². The highest BCUT2D eigenvalue weighted by atomic mass is 32.1. The van der Waals surface area contributed by atoms with Crippen LogP contribution in [0, 0.1) is 0 Å². The Balaban J connectivity index is 1.65. The molecule has 0 aliphatic rings. The summed E-state index contributed by atoms with van der Waals surface area (Å²) in [6.07, 6.45) is 0.906. The standard InChI is InChI=1S/C25H25N3O2S2/c1-3-17-7-4-5-9-22(17)27-25(31)28(16-21-8-6-12-32-21)15-19-13-18-14-20(30-2)10-11-23(18)26-24(19)29/h4-14H,3,15-16H2,1-2H3,(H,26,29)(H,27,31). The average Bonchev–Trinajstić information content (AvgIpc) is 3.32. The number of ether oxygens (including phenoxy) is 1. The highest BCUT2D eigenvalue weighted by Gasteiger charge is 2.16. The number of nitrogens with zero attached hydrogens (tertiary/aromatic N) is 1. The summed E-state index contributed by atoms with van der Waals surface area (Å²) in [6, 6.07) is 19.8. The molecule has 4 rings (SSSR count). The molecule has 2 aromatic heterocycles. The molecule has 32 heavy (non-hydrogen) atoms. The SMILES string of the molecule is CCc1ccccc1NC(=S)N(Cc1cccs1)Cc1cc2cc(OC)ccc2[nH]c1=O. The third kappa shape index (κ3) is 5.00. The molecule has 0 aliphatic carbocycles. The molecule has 5 nitrogen and oxygen atoms in total. The van der Waals surface area contributed by atoms with Gasteiger partial charge < -0.3 is 19.9 Å². The zero-order valence-corrected chi connectivity index (χ0v) is 19.7. The first-order valence-electron chi connectivity index (χ1n) is 10.4. The number of hydrogen-bond donors (Lipinski definition) is 2. The summed E-state index contributed by atoms with van der Waals surface area (Å²) < 4.78 is 5.34. The van der Waals surface area contributed by atoms with Crippen molar-refractivity contribution in [3.8, 4) is 5.75 Å². The second-order valence-electron chi connectivity index (χ2n) is 7.45. The number of hydrogen-bond acceptors (Lipinski definition) is 4. The van der Waals surface area contributed by atoms with Gasteiger partial charge in [0.25, 0.3) is 5.56 Å². The number of para-hydroxylation sites is 1. The summed E-state index contributed by atoms with van der Waals surface area (Å²) in [6.45, 7) is 3.13. The Morgan fingerprint density at radius 3 is 2.69 bits per heavy atom. The van der Waals surface area contributed by atoms with Crippen molar-refractivity contribution >= 4 is 45.3 Å². The largest absolute Gasteiger partial charge is 0.497 e. The maximum Gasteiger partial charge on any atom is 0.253 e. The molecule has 164 valence electrons. The minimum atomic E-state index is -0.115. The molecule has 0 fully saturated rings. The molecule has 0 atom stereocenters. The van der Waals surface area contributed by atoms with Crippen LogP contribution < -0.4 is 15.6 Å².